The molecule has 1 aliphatic rings. The summed E-state index contributed by atoms with van der Waals surface area (Å²) >= 11 is 0. The lowest BCUT2D eigenvalue weighted by molar-refractivity contribution is 0.0695. The van der Waals surface area contributed by atoms with Crippen molar-refractivity contribution in [3.05, 3.63) is 53.6 Å². The van der Waals surface area contributed by atoms with E-state index >= 15 is 0 Å². The van der Waals surface area contributed by atoms with E-state index in [4.69, 9.17) is 15.6 Å². The van der Waals surface area contributed by atoms with Gasteiger partial charge in [0, 0.05) is 30.3 Å². The molecule has 6 heteroatoms. The number of nitrogens with zero attached hydrogens (tertiary/aromatic N) is 1. The normalized spacial score (nSPS) is 16.7. The van der Waals surface area contributed by atoms with Crippen molar-refractivity contribution in [2.24, 2.45) is 5.73 Å². The van der Waals surface area contributed by atoms with E-state index in [1.807, 2.05) is 12.1 Å². The summed E-state index contributed by atoms with van der Waals surface area (Å²) in [6.07, 6.45) is 0.830. The van der Waals surface area contributed by atoms with Gasteiger partial charge in [-0.25, -0.2) is 4.79 Å². The molecule has 1 saturated heterocycles. The highest BCUT2D eigenvalue weighted by atomic mass is 16.5. The molecule has 2 aromatic rings. The zero-order valence-electron chi connectivity index (χ0n) is 13.9. The average molecular weight is 340 g/mol. The van der Waals surface area contributed by atoms with Gasteiger partial charge in [-0.3, -0.25) is 4.79 Å². The third-order valence-electron chi connectivity index (χ3n) is 4.40. The smallest absolute Gasteiger partial charge is 0.335 e. The Morgan fingerprint density at radius 2 is 1.84 bits per heavy atom. The van der Waals surface area contributed by atoms with Gasteiger partial charge >= 0.3 is 5.97 Å². The fraction of sp³-hybridized carbons (Fsp3) is 0.263. The molecule has 0 bridgehead atoms. The van der Waals surface area contributed by atoms with Gasteiger partial charge in [0.05, 0.1) is 12.7 Å². The number of ether oxygens (including phenoxy) is 1. The summed E-state index contributed by atoms with van der Waals surface area (Å²) in [4.78, 5) is 25.3. The highest BCUT2D eigenvalue weighted by Crippen LogP contribution is 2.31. The van der Waals surface area contributed by atoms with Crippen LogP contribution in [0, 0.1) is 0 Å². The Morgan fingerprint density at radius 3 is 2.40 bits per heavy atom. The zero-order valence-corrected chi connectivity index (χ0v) is 13.9. The molecular formula is C19H20N2O4. The van der Waals surface area contributed by atoms with Crippen molar-refractivity contribution in [2.45, 2.75) is 12.5 Å². The number of methoxy groups -OCH3 is 1. The summed E-state index contributed by atoms with van der Waals surface area (Å²) < 4.78 is 5.31. The summed E-state index contributed by atoms with van der Waals surface area (Å²) in [7, 11) is 1.50. The molecule has 6 nitrogen and oxygen atoms in total. The Balaban J connectivity index is 1.85. The first-order valence-electron chi connectivity index (χ1n) is 8.06. The van der Waals surface area contributed by atoms with Crippen LogP contribution >= 0.6 is 0 Å². The number of amides is 1. The van der Waals surface area contributed by atoms with E-state index in [-0.39, 0.29) is 17.5 Å². The molecular weight excluding hydrogens is 320 g/mol. The van der Waals surface area contributed by atoms with Crippen LogP contribution in [0.15, 0.2) is 42.5 Å². The average Bonchev–Trinajstić information content (AvgIpc) is 3.07. The summed E-state index contributed by atoms with van der Waals surface area (Å²) in [6, 6.07) is 12.0. The maximum absolute atomic E-state index is 12.5. The quantitative estimate of drug-likeness (QED) is 0.890. The minimum atomic E-state index is -1.00. The molecule has 1 amide bonds. The van der Waals surface area contributed by atoms with Crippen molar-refractivity contribution in [3.8, 4) is 16.9 Å². The number of likely N-dealkylation sites (tertiary alicyclic amines) is 1. The summed E-state index contributed by atoms with van der Waals surface area (Å²) in [5, 5.41) is 9.08. The largest absolute Gasteiger partial charge is 0.496 e. The molecule has 1 fully saturated rings. The van der Waals surface area contributed by atoms with Gasteiger partial charge in [0.1, 0.15) is 5.75 Å². The Hall–Kier alpha value is -2.86. The molecule has 1 atom stereocenters. The Bertz CT molecular complexity index is 802. The third kappa shape index (κ3) is 3.49. The van der Waals surface area contributed by atoms with Crippen LogP contribution in [0.5, 0.6) is 5.75 Å². The summed E-state index contributed by atoms with van der Waals surface area (Å²) in [5.74, 6) is -0.549. The van der Waals surface area contributed by atoms with Crippen molar-refractivity contribution in [1.82, 2.24) is 4.90 Å². The van der Waals surface area contributed by atoms with E-state index in [0.29, 0.717) is 24.4 Å². The Labute approximate surface area is 145 Å². The standard InChI is InChI=1S/C19H20N2O4/c1-25-17-10-14(19(23)24)6-7-16(17)12-2-4-13(5-3-12)18(22)21-9-8-15(20)11-21/h2-7,10,15H,8-9,11,20H2,1H3,(H,23,24). The van der Waals surface area contributed by atoms with Crippen LogP contribution in [0.3, 0.4) is 0 Å². The molecule has 0 saturated carbocycles. The number of rotatable bonds is 4. The maximum Gasteiger partial charge on any atom is 0.335 e. The summed E-state index contributed by atoms with van der Waals surface area (Å²) in [6.45, 7) is 1.28. The highest BCUT2D eigenvalue weighted by molar-refractivity contribution is 5.95. The SMILES string of the molecule is COc1cc(C(=O)O)ccc1-c1ccc(C(=O)N2CCC(N)C2)cc1. The van der Waals surface area contributed by atoms with E-state index in [0.717, 1.165) is 17.5 Å². The number of carbonyl (C=O) groups is 2. The first-order chi connectivity index (χ1) is 12.0. The molecule has 1 aliphatic heterocycles. The number of hydrogen-bond acceptors (Lipinski definition) is 4. The van der Waals surface area contributed by atoms with E-state index in [2.05, 4.69) is 0 Å². The van der Waals surface area contributed by atoms with Gasteiger partial charge in [0.15, 0.2) is 0 Å². The van der Waals surface area contributed by atoms with Gasteiger partial charge < -0.3 is 20.5 Å². The maximum atomic E-state index is 12.5. The van der Waals surface area contributed by atoms with Crippen LogP contribution in [-0.2, 0) is 0 Å². The topological polar surface area (TPSA) is 92.9 Å². The molecule has 0 aliphatic carbocycles. The molecule has 130 valence electrons. The Kier molecular flexibility index (Phi) is 4.72. The lowest BCUT2D eigenvalue weighted by Gasteiger charge is -2.16. The molecule has 1 heterocycles. The number of carboxylic acids is 1. The second kappa shape index (κ2) is 6.94. The molecule has 25 heavy (non-hydrogen) atoms. The fourth-order valence-corrected chi connectivity index (χ4v) is 3.01. The van der Waals surface area contributed by atoms with Crippen LogP contribution < -0.4 is 10.5 Å². The molecule has 1 unspecified atom stereocenters. The first-order valence-corrected chi connectivity index (χ1v) is 8.06. The number of hydrogen-bond donors (Lipinski definition) is 2. The Morgan fingerprint density at radius 1 is 1.16 bits per heavy atom. The molecule has 0 spiro atoms. The second-order valence-corrected chi connectivity index (χ2v) is 6.10. The molecule has 3 N–H and O–H groups in total. The monoisotopic (exact) mass is 340 g/mol. The number of carbonyl (C=O) groups excluding carboxylic acids is 1. The van der Waals surface area contributed by atoms with Gasteiger partial charge in [-0.2, -0.15) is 0 Å². The number of aromatic carboxylic acids is 1. The van der Waals surface area contributed by atoms with Crippen molar-refractivity contribution in [1.29, 1.82) is 0 Å². The minimum absolute atomic E-state index is 0.0207. The van der Waals surface area contributed by atoms with Crippen LogP contribution in [0.1, 0.15) is 27.1 Å². The van der Waals surface area contributed by atoms with Gasteiger partial charge in [0.25, 0.3) is 5.91 Å². The van der Waals surface area contributed by atoms with Crippen molar-refractivity contribution < 1.29 is 19.4 Å². The van der Waals surface area contributed by atoms with Crippen LogP contribution in [0.25, 0.3) is 11.1 Å². The van der Waals surface area contributed by atoms with Crippen molar-refractivity contribution in [3.63, 3.8) is 0 Å². The van der Waals surface area contributed by atoms with E-state index in [1.54, 1.807) is 23.1 Å². The molecule has 0 radical (unpaired) electrons. The predicted octanol–water partition coefficient (Wildman–Crippen LogP) is 2.23. The molecule has 0 aromatic heterocycles. The van der Waals surface area contributed by atoms with Crippen LogP contribution in [0.2, 0.25) is 0 Å². The predicted molar refractivity (Wildman–Crippen MR) is 93.9 cm³/mol. The van der Waals surface area contributed by atoms with Crippen molar-refractivity contribution >= 4 is 11.9 Å². The third-order valence-corrected chi connectivity index (χ3v) is 4.40. The zero-order chi connectivity index (χ0) is 18.0. The van der Waals surface area contributed by atoms with E-state index < -0.39 is 5.97 Å². The summed E-state index contributed by atoms with van der Waals surface area (Å²) in [5.41, 5.74) is 8.26. The van der Waals surface area contributed by atoms with Crippen molar-refractivity contribution in [2.75, 3.05) is 20.2 Å². The number of benzene rings is 2. The van der Waals surface area contributed by atoms with Gasteiger partial charge in [-0.15, -0.1) is 0 Å². The van der Waals surface area contributed by atoms with Gasteiger partial charge in [0.2, 0.25) is 0 Å². The van der Waals surface area contributed by atoms with Crippen LogP contribution in [-0.4, -0.2) is 48.1 Å². The van der Waals surface area contributed by atoms with Gasteiger partial charge in [-0.1, -0.05) is 12.1 Å². The lowest BCUT2D eigenvalue weighted by Crippen LogP contribution is -2.31. The molecule has 3 rings (SSSR count). The van der Waals surface area contributed by atoms with Crippen LogP contribution in [0.4, 0.5) is 0 Å². The first kappa shape index (κ1) is 17.0. The van der Waals surface area contributed by atoms with E-state index in [1.165, 1.54) is 19.2 Å². The van der Waals surface area contributed by atoms with Gasteiger partial charge in [-0.05, 0) is 42.3 Å². The number of nitrogens with two attached hydrogens (primary N) is 1. The lowest BCUT2D eigenvalue weighted by atomic mass is 10.0. The molecule has 2 aromatic carbocycles. The minimum Gasteiger partial charge on any atom is -0.496 e. The van der Waals surface area contributed by atoms with E-state index in [9.17, 15) is 9.59 Å². The number of carboxylic acid groups (broad SMARTS) is 1. The second-order valence-electron chi connectivity index (χ2n) is 6.10. The fourth-order valence-electron chi connectivity index (χ4n) is 3.01. The highest BCUT2D eigenvalue weighted by Gasteiger charge is 2.24.